The number of thiazole rings is 1. The number of H-pyrrole nitrogens is 1. The summed E-state index contributed by atoms with van der Waals surface area (Å²) < 4.78 is 41.6. The van der Waals surface area contributed by atoms with Crippen LogP contribution in [0.3, 0.4) is 0 Å². The minimum atomic E-state index is -1.12. The highest BCUT2D eigenvalue weighted by molar-refractivity contribution is 7.12. The van der Waals surface area contributed by atoms with Crippen molar-refractivity contribution in [3.63, 3.8) is 0 Å². The first-order valence-electron chi connectivity index (χ1n) is 8.82. The first-order valence-corrected chi connectivity index (χ1v) is 9.70. The number of pyridine rings is 1. The summed E-state index contributed by atoms with van der Waals surface area (Å²) in [7, 11) is 0. The Morgan fingerprint density at radius 1 is 1.10 bits per heavy atom. The van der Waals surface area contributed by atoms with Gasteiger partial charge < -0.3 is 9.88 Å². The van der Waals surface area contributed by atoms with Gasteiger partial charge in [0.2, 0.25) is 5.56 Å². The summed E-state index contributed by atoms with van der Waals surface area (Å²) in [6.07, 6.45) is 0. The number of aromatic nitrogens is 2. The van der Waals surface area contributed by atoms with Gasteiger partial charge in [0.15, 0.2) is 11.6 Å². The standard InChI is InChI=1S/C21H14F3N3O2S/c1-11-20(30-10-25-11)21(29)27(13-5-6-15(22)17(24)8-13)9-12-7-18(28)26-19-14(12)3-2-4-16(19)23/h2-8,10H,9H2,1H3,(H,26,28). The zero-order valence-corrected chi connectivity index (χ0v) is 16.4. The zero-order valence-electron chi connectivity index (χ0n) is 15.6. The molecule has 30 heavy (non-hydrogen) atoms. The molecule has 4 rings (SSSR count). The van der Waals surface area contributed by atoms with Gasteiger partial charge in [-0.2, -0.15) is 0 Å². The third-order valence-electron chi connectivity index (χ3n) is 4.64. The van der Waals surface area contributed by atoms with Crippen LogP contribution in [0.25, 0.3) is 10.9 Å². The summed E-state index contributed by atoms with van der Waals surface area (Å²) in [6.45, 7) is 1.50. The van der Waals surface area contributed by atoms with Crippen LogP contribution in [-0.4, -0.2) is 15.9 Å². The van der Waals surface area contributed by atoms with E-state index in [2.05, 4.69) is 9.97 Å². The average Bonchev–Trinajstić information content (AvgIpc) is 3.14. The van der Waals surface area contributed by atoms with E-state index in [1.54, 1.807) is 13.0 Å². The molecule has 0 fully saturated rings. The molecule has 5 nitrogen and oxygen atoms in total. The van der Waals surface area contributed by atoms with Gasteiger partial charge in [-0.1, -0.05) is 12.1 Å². The lowest BCUT2D eigenvalue weighted by molar-refractivity contribution is 0.0988. The normalized spacial score (nSPS) is 11.1. The van der Waals surface area contributed by atoms with Crippen LogP contribution < -0.4 is 10.5 Å². The van der Waals surface area contributed by atoms with E-state index in [-0.39, 0.29) is 17.7 Å². The molecule has 0 saturated carbocycles. The lowest BCUT2D eigenvalue weighted by Crippen LogP contribution is -2.31. The maximum absolute atomic E-state index is 14.2. The molecule has 2 aromatic heterocycles. The van der Waals surface area contributed by atoms with E-state index in [1.165, 1.54) is 34.7 Å². The molecule has 1 amide bonds. The fourth-order valence-electron chi connectivity index (χ4n) is 3.18. The topological polar surface area (TPSA) is 66.1 Å². The highest BCUT2D eigenvalue weighted by atomic mass is 32.1. The SMILES string of the molecule is Cc1ncsc1C(=O)N(Cc1cc(=O)[nH]c2c(F)cccc12)c1ccc(F)c(F)c1. The van der Waals surface area contributed by atoms with Gasteiger partial charge in [-0.05, 0) is 30.7 Å². The molecule has 2 heterocycles. The van der Waals surface area contributed by atoms with Crippen LogP contribution in [0, 0.1) is 24.4 Å². The van der Waals surface area contributed by atoms with E-state index >= 15 is 0 Å². The second-order valence-electron chi connectivity index (χ2n) is 6.58. The van der Waals surface area contributed by atoms with Gasteiger partial charge in [-0.15, -0.1) is 11.3 Å². The summed E-state index contributed by atoms with van der Waals surface area (Å²) in [4.78, 5) is 33.4. The number of benzene rings is 2. The van der Waals surface area contributed by atoms with Gasteiger partial charge in [0.25, 0.3) is 5.91 Å². The minimum absolute atomic E-state index is 0.00616. The number of carbonyl (C=O) groups is 1. The lowest BCUT2D eigenvalue weighted by atomic mass is 10.1. The quantitative estimate of drug-likeness (QED) is 0.517. The fourth-order valence-corrected chi connectivity index (χ4v) is 3.93. The number of aryl methyl sites for hydroxylation is 1. The van der Waals surface area contributed by atoms with Crippen LogP contribution >= 0.6 is 11.3 Å². The Morgan fingerprint density at radius 2 is 1.90 bits per heavy atom. The number of nitrogens with one attached hydrogen (secondary N) is 1. The average molecular weight is 429 g/mol. The number of hydrogen-bond acceptors (Lipinski definition) is 4. The smallest absolute Gasteiger partial charge is 0.270 e. The molecule has 1 N–H and O–H groups in total. The molecule has 0 atom stereocenters. The molecule has 4 aromatic rings. The predicted octanol–water partition coefficient (Wildman–Crippen LogP) is 4.56. The highest BCUT2D eigenvalue weighted by Crippen LogP contribution is 2.27. The van der Waals surface area contributed by atoms with Crippen molar-refractivity contribution in [3.8, 4) is 0 Å². The number of carbonyl (C=O) groups excluding carboxylic acids is 1. The number of anilines is 1. The Labute approximate surface area is 172 Å². The molecule has 9 heteroatoms. The molecule has 152 valence electrons. The molecule has 0 aliphatic rings. The largest absolute Gasteiger partial charge is 0.319 e. The van der Waals surface area contributed by atoms with Crippen molar-refractivity contribution in [3.05, 3.63) is 91.9 Å². The molecule has 0 spiro atoms. The molecule has 0 bridgehead atoms. The fraction of sp³-hybridized carbons (Fsp3) is 0.0952. The van der Waals surface area contributed by atoms with Crippen LogP contribution in [0.5, 0.6) is 0 Å². The number of halogens is 3. The van der Waals surface area contributed by atoms with Crippen molar-refractivity contribution in [2.75, 3.05) is 4.90 Å². The molecule has 0 aliphatic carbocycles. The second kappa shape index (κ2) is 7.75. The molecular formula is C21H14F3N3O2S. The van der Waals surface area contributed by atoms with Gasteiger partial charge in [-0.25, -0.2) is 18.2 Å². The number of para-hydroxylation sites is 1. The van der Waals surface area contributed by atoms with Crippen LogP contribution in [0.4, 0.5) is 18.9 Å². The van der Waals surface area contributed by atoms with E-state index in [0.717, 1.165) is 23.5 Å². The first kappa shape index (κ1) is 19.8. The van der Waals surface area contributed by atoms with Crippen LogP contribution in [0.15, 0.2) is 52.8 Å². The van der Waals surface area contributed by atoms with Gasteiger partial charge >= 0.3 is 0 Å². The van der Waals surface area contributed by atoms with E-state index in [1.807, 2.05) is 0 Å². The van der Waals surface area contributed by atoms with Crippen LogP contribution in [0.1, 0.15) is 20.9 Å². The Morgan fingerprint density at radius 3 is 2.60 bits per heavy atom. The van der Waals surface area contributed by atoms with Crippen LogP contribution in [-0.2, 0) is 6.54 Å². The summed E-state index contributed by atoms with van der Waals surface area (Å²) in [5.41, 5.74) is 1.90. The minimum Gasteiger partial charge on any atom is -0.319 e. The third kappa shape index (κ3) is 3.59. The van der Waals surface area contributed by atoms with Crippen molar-refractivity contribution < 1.29 is 18.0 Å². The molecule has 0 aliphatic heterocycles. The number of amides is 1. The van der Waals surface area contributed by atoms with Crippen molar-refractivity contribution in [2.45, 2.75) is 13.5 Å². The molecule has 0 saturated heterocycles. The van der Waals surface area contributed by atoms with Gasteiger partial charge in [0.05, 0.1) is 23.3 Å². The highest BCUT2D eigenvalue weighted by Gasteiger charge is 2.24. The Bertz CT molecular complexity index is 1330. The van der Waals surface area contributed by atoms with Crippen molar-refractivity contribution in [1.29, 1.82) is 0 Å². The molecule has 0 unspecified atom stereocenters. The summed E-state index contributed by atoms with van der Waals surface area (Å²) >= 11 is 1.11. The number of nitrogens with zero attached hydrogens (tertiary/aromatic N) is 2. The van der Waals surface area contributed by atoms with E-state index in [0.29, 0.717) is 21.5 Å². The summed E-state index contributed by atoms with van der Waals surface area (Å²) in [5.74, 6) is -3.28. The summed E-state index contributed by atoms with van der Waals surface area (Å²) in [6, 6.07) is 8.64. The zero-order chi connectivity index (χ0) is 21.4. The maximum Gasteiger partial charge on any atom is 0.270 e. The van der Waals surface area contributed by atoms with Gasteiger partial charge in [0, 0.05) is 23.2 Å². The Hall–Kier alpha value is -3.46. The number of rotatable bonds is 4. The van der Waals surface area contributed by atoms with Crippen molar-refractivity contribution >= 4 is 33.8 Å². The Balaban J connectivity index is 1.87. The number of aromatic amines is 1. The lowest BCUT2D eigenvalue weighted by Gasteiger charge is -2.23. The van der Waals surface area contributed by atoms with Crippen molar-refractivity contribution in [2.24, 2.45) is 0 Å². The third-order valence-corrected chi connectivity index (χ3v) is 5.56. The maximum atomic E-state index is 14.2. The second-order valence-corrected chi connectivity index (χ2v) is 7.43. The first-order chi connectivity index (χ1) is 14.3. The van der Waals surface area contributed by atoms with Crippen LogP contribution in [0.2, 0.25) is 0 Å². The van der Waals surface area contributed by atoms with Gasteiger partial charge in [-0.3, -0.25) is 9.59 Å². The monoisotopic (exact) mass is 429 g/mol. The number of hydrogen-bond donors (Lipinski definition) is 1. The van der Waals surface area contributed by atoms with Gasteiger partial charge in [0.1, 0.15) is 10.7 Å². The molecular weight excluding hydrogens is 415 g/mol. The molecule has 0 radical (unpaired) electrons. The Kier molecular flexibility index (Phi) is 5.13. The summed E-state index contributed by atoms with van der Waals surface area (Å²) in [5, 5.41) is 0.399. The predicted molar refractivity (Wildman–Crippen MR) is 108 cm³/mol. The van der Waals surface area contributed by atoms with E-state index < -0.39 is 28.9 Å². The van der Waals surface area contributed by atoms with E-state index in [9.17, 15) is 22.8 Å². The number of fused-ring (bicyclic) bond motifs is 1. The van der Waals surface area contributed by atoms with E-state index in [4.69, 9.17) is 0 Å². The van der Waals surface area contributed by atoms with Crippen molar-refractivity contribution in [1.82, 2.24) is 9.97 Å². The molecule has 2 aromatic carbocycles.